The lowest BCUT2D eigenvalue weighted by atomic mass is 9.32. The average molecular weight is 1520 g/mol. The molecule has 7 heterocycles. The van der Waals surface area contributed by atoms with E-state index < -0.39 is 310 Å². The fourth-order valence-corrected chi connectivity index (χ4v) is 20.4. The molecule has 0 radical (unpaired) electrons. The zero-order chi connectivity index (χ0) is 76.8. The molecule has 12 rings (SSSR count). The van der Waals surface area contributed by atoms with Crippen LogP contribution in [0.4, 0.5) is 0 Å². The first-order valence-corrected chi connectivity index (χ1v) is 36.6. The highest BCUT2D eigenvalue weighted by Crippen LogP contribution is 2.76. The van der Waals surface area contributed by atoms with Crippen molar-refractivity contribution in [1.29, 1.82) is 0 Å². The number of esters is 1. The molecule has 36 nitrogen and oxygen atoms in total. The van der Waals surface area contributed by atoms with Gasteiger partial charge in [-0.05, 0) is 99.2 Å². The lowest BCUT2D eigenvalue weighted by Gasteiger charge is -2.73. The Kier molecular flexibility index (Phi) is 23.8. The van der Waals surface area contributed by atoms with E-state index in [9.17, 15) is 107 Å². The highest BCUT2D eigenvalue weighted by molar-refractivity contribution is 5.80. The van der Waals surface area contributed by atoms with Crippen LogP contribution in [0.1, 0.15) is 107 Å². The number of carbonyl (C=O) groups excluding carboxylic acids is 1. The van der Waals surface area contributed by atoms with E-state index in [-0.39, 0.29) is 25.7 Å². The second-order valence-electron chi connectivity index (χ2n) is 33.7. The standard InChI is InChI=1S/C69H112O36/c1-24-36(78)40(82)42(84)56(95-24)100-48-32(76)20-92-55(44(48)86)99-47-26(3)97-58(46(88)50(47)102-57-43(85)41(83)37(79)25(2)96-57)103-51-38(80)31(75)19-93-60(51)105-62(90)69-13-12-63(4,5)14-28(69)27-10-11-34-64(6)15-30(74)54(65(7,21-71)52(64)29(73)16-67(34,9)66(27,8)17-35(69)77)104-59-45(87)49(39(81)33(18-70)98-59)101-61-53(89)68(91,22-72)23-94-61/h10,24-26,28-61,70-89,91H,11-23H2,1-9H3. The van der Waals surface area contributed by atoms with E-state index in [0.717, 1.165) is 5.57 Å². The smallest absolute Gasteiger partial charge is 0.317 e. The van der Waals surface area contributed by atoms with Crippen LogP contribution in [0.2, 0.25) is 0 Å². The first-order chi connectivity index (χ1) is 49.1. The Morgan fingerprint density at radius 2 is 1.03 bits per heavy atom. The third-order valence-corrected chi connectivity index (χ3v) is 26.6. The largest absolute Gasteiger partial charge is 0.432 e. The number of aliphatic hydroxyl groups is 21. The van der Waals surface area contributed by atoms with Gasteiger partial charge in [0.2, 0.25) is 6.29 Å². The first-order valence-electron chi connectivity index (χ1n) is 36.6. The molecule has 0 bridgehead atoms. The summed E-state index contributed by atoms with van der Waals surface area (Å²) < 4.78 is 83.8. The van der Waals surface area contributed by atoms with Crippen LogP contribution < -0.4 is 0 Å². The number of hydrogen-bond acceptors (Lipinski definition) is 36. The Hall–Kier alpha value is -2.15. The molecule has 7 saturated heterocycles. The van der Waals surface area contributed by atoms with Crippen molar-refractivity contribution >= 4 is 5.97 Å². The predicted octanol–water partition coefficient (Wildman–Crippen LogP) is -7.68. The molecule has 21 N–H and O–H groups in total. The van der Waals surface area contributed by atoms with Crippen molar-refractivity contribution in [3.8, 4) is 0 Å². The monoisotopic (exact) mass is 1520 g/mol. The zero-order valence-electron chi connectivity index (χ0n) is 60.1. The Morgan fingerprint density at radius 3 is 1.64 bits per heavy atom. The van der Waals surface area contributed by atoms with Crippen molar-refractivity contribution in [1.82, 2.24) is 0 Å². The summed E-state index contributed by atoms with van der Waals surface area (Å²) in [5.74, 6) is -3.02. The fraction of sp³-hybridized carbons (Fsp3) is 0.957. The van der Waals surface area contributed by atoms with E-state index in [1.54, 1.807) is 6.92 Å². The third kappa shape index (κ3) is 13.8. The van der Waals surface area contributed by atoms with Crippen LogP contribution in [0, 0.1) is 50.2 Å². The Morgan fingerprint density at radius 1 is 0.486 bits per heavy atom. The number of rotatable bonds is 17. The molecule has 0 aromatic rings. The van der Waals surface area contributed by atoms with Crippen LogP contribution in [0.25, 0.3) is 0 Å². The predicted molar refractivity (Wildman–Crippen MR) is 344 cm³/mol. The second kappa shape index (κ2) is 30.3. The summed E-state index contributed by atoms with van der Waals surface area (Å²) in [5, 5.41) is 238. The number of hydrogen-bond donors (Lipinski definition) is 21. The number of ether oxygens (including phenoxy) is 14. The molecule has 0 amide bonds. The average Bonchev–Trinajstić information content (AvgIpc) is 1.01. The van der Waals surface area contributed by atoms with E-state index in [4.69, 9.17) is 66.3 Å². The minimum atomic E-state index is -2.14. The maximum atomic E-state index is 15.8. The summed E-state index contributed by atoms with van der Waals surface area (Å²) >= 11 is 0. The maximum Gasteiger partial charge on any atom is 0.317 e. The van der Waals surface area contributed by atoms with Gasteiger partial charge in [0.05, 0.1) is 82.4 Å². The molecule has 43 atom stereocenters. The number of carbonyl (C=O) groups is 1. The van der Waals surface area contributed by atoms with Gasteiger partial charge in [0, 0.05) is 11.3 Å². The van der Waals surface area contributed by atoms with E-state index in [2.05, 4.69) is 6.08 Å². The summed E-state index contributed by atoms with van der Waals surface area (Å²) in [5.41, 5.74) is -8.09. The molecule has 604 valence electrons. The third-order valence-electron chi connectivity index (χ3n) is 26.6. The maximum absolute atomic E-state index is 15.8. The molecule has 7 aliphatic heterocycles. The fourth-order valence-electron chi connectivity index (χ4n) is 20.4. The van der Waals surface area contributed by atoms with Gasteiger partial charge in [-0.15, -0.1) is 0 Å². The van der Waals surface area contributed by atoms with Crippen LogP contribution in [-0.4, -0.2) is 367 Å². The second-order valence-corrected chi connectivity index (χ2v) is 33.7. The van der Waals surface area contributed by atoms with Gasteiger partial charge < -0.3 is 174 Å². The van der Waals surface area contributed by atoms with Crippen LogP contribution in [0.3, 0.4) is 0 Å². The van der Waals surface area contributed by atoms with Crippen molar-refractivity contribution in [3.05, 3.63) is 11.6 Å². The van der Waals surface area contributed by atoms with Crippen LogP contribution >= 0.6 is 0 Å². The molecule has 4 saturated carbocycles. The van der Waals surface area contributed by atoms with Gasteiger partial charge in [0.1, 0.15) is 127 Å². The quantitative estimate of drug-likeness (QED) is 0.0365. The summed E-state index contributed by atoms with van der Waals surface area (Å²) in [6, 6.07) is 0. The van der Waals surface area contributed by atoms with Gasteiger partial charge in [0.15, 0.2) is 43.8 Å². The van der Waals surface area contributed by atoms with Crippen molar-refractivity contribution in [2.75, 3.05) is 39.6 Å². The van der Waals surface area contributed by atoms with Crippen LogP contribution in [0.15, 0.2) is 11.6 Å². The van der Waals surface area contributed by atoms with Gasteiger partial charge in [0.25, 0.3) is 0 Å². The molecule has 105 heavy (non-hydrogen) atoms. The molecule has 5 aliphatic carbocycles. The molecule has 0 spiro atoms. The molecule has 0 aromatic carbocycles. The van der Waals surface area contributed by atoms with Crippen molar-refractivity contribution in [2.24, 2.45) is 50.2 Å². The molecule has 0 aromatic heterocycles. The molecular formula is C69H112O36. The van der Waals surface area contributed by atoms with Gasteiger partial charge in [-0.1, -0.05) is 53.2 Å². The number of allylic oxidation sites excluding steroid dienone is 2. The zero-order valence-corrected chi connectivity index (χ0v) is 60.1. The Balaban J connectivity index is 0.792. The van der Waals surface area contributed by atoms with Gasteiger partial charge in [-0.3, -0.25) is 4.79 Å². The van der Waals surface area contributed by atoms with Crippen molar-refractivity contribution in [2.45, 2.75) is 322 Å². The molecule has 36 heteroatoms. The minimum Gasteiger partial charge on any atom is -0.432 e. The molecular weight excluding hydrogens is 1400 g/mol. The summed E-state index contributed by atoms with van der Waals surface area (Å²) in [6.07, 6.45) is -54.8. The number of fused-ring (bicyclic) bond motifs is 7. The highest BCUT2D eigenvalue weighted by atomic mass is 16.8. The number of aliphatic hydroxyl groups excluding tert-OH is 20. The Labute approximate surface area is 605 Å². The van der Waals surface area contributed by atoms with Gasteiger partial charge in [-0.25, -0.2) is 0 Å². The van der Waals surface area contributed by atoms with E-state index in [1.807, 2.05) is 34.6 Å². The lowest BCUT2D eigenvalue weighted by molar-refractivity contribution is -0.395. The summed E-state index contributed by atoms with van der Waals surface area (Å²) in [7, 11) is 0. The topological polar surface area (TPSA) is 571 Å². The van der Waals surface area contributed by atoms with E-state index >= 15 is 4.79 Å². The normalized spacial score (nSPS) is 56.5. The van der Waals surface area contributed by atoms with E-state index in [1.165, 1.54) is 20.8 Å². The summed E-state index contributed by atoms with van der Waals surface area (Å²) in [6.45, 7) is 11.5. The summed E-state index contributed by atoms with van der Waals surface area (Å²) in [4.78, 5) is 15.8. The lowest BCUT2D eigenvalue weighted by Crippen LogP contribution is -2.73. The minimum absolute atomic E-state index is 0.0580. The molecule has 11 fully saturated rings. The van der Waals surface area contributed by atoms with Crippen LogP contribution in [-0.2, 0) is 71.1 Å². The van der Waals surface area contributed by atoms with E-state index in [0.29, 0.717) is 19.3 Å². The van der Waals surface area contributed by atoms with Gasteiger partial charge >= 0.3 is 5.97 Å². The molecule has 43 unspecified atom stereocenters. The van der Waals surface area contributed by atoms with Crippen molar-refractivity contribution in [3.63, 3.8) is 0 Å². The SMILES string of the molecule is CC1OC(OC2C(O)COC(OC3C(C)OC(OC4C(OC(=O)C56CCC(C)(C)CC5C5=CCC7C8(C)CC(O)C(OC9OC(CO)C(O)C(OC%10OCC(O)(CO)C%10O)C9O)C(C)(CO)C8C(O)CC7(C)C5(C)CC6O)OCC(O)C4O)C(O)C3OC3OC(C)C(O)C(O)C3O)C2O)C(O)C(O)C1O. The van der Waals surface area contributed by atoms with Crippen LogP contribution in [0.5, 0.6) is 0 Å². The Bertz CT molecular complexity index is 3030. The van der Waals surface area contributed by atoms with Crippen molar-refractivity contribution < 1.29 is 178 Å². The first kappa shape index (κ1) is 82.3. The highest BCUT2D eigenvalue weighted by Gasteiger charge is 2.75. The molecule has 12 aliphatic rings. The van der Waals surface area contributed by atoms with Gasteiger partial charge in [-0.2, -0.15) is 0 Å².